The van der Waals surface area contributed by atoms with Crippen LogP contribution in [-0.4, -0.2) is 23.2 Å². The molecule has 1 aromatic heterocycles. The molecule has 1 N–H and O–H groups in total. The molecule has 1 aromatic carbocycles. The highest BCUT2D eigenvalue weighted by Crippen LogP contribution is 2.34. The van der Waals surface area contributed by atoms with Gasteiger partial charge in [0.05, 0.1) is 5.41 Å². The van der Waals surface area contributed by atoms with E-state index in [0.717, 1.165) is 48.8 Å². The van der Waals surface area contributed by atoms with Crippen molar-refractivity contribution in [3.05, 3.63) is 46.6 Å². The maximum atomic E-state index is 6.19. The van der Waals surface area contributed by atoms with Crippen LogP contribution in [-0.2, 0) is 11.8 Å². The molecule has 0 spiro atoms. The van der Waals surface area contributed by atoms with Crippen LogP contribution in [0.15, 0.2) is 28.8 Å². The molecular formula is C16H20ClN3O. The first kappa shape index (κ1) is 14.5. The average Bonchev–Trinajstić information content (AvgIpc) is 3.12. The lowest BCUT2D eigenvalue weighted by Crippen LogP contribution is -2.29. The predicted octanol–water partition coefficient (Wildman–Crippen LogP) is 3.35. The minimum Gasteiger partial charge on any atom is -0.339 e. The van der Waals surface area contributed by atoms with Gasteiger partial charge in [-0.3, -0.25) is 0 Å². The minimum atomic E-state index is 0.0144. The van der Waals surface area contributed by atoms with Crippen molar-refractivity contribution in [2.45, 2.75) is 38.0 Å². The lowest BCUT2D eigenvalue weighted by atomic mass is 9.82. The van der Waals surface area contributed by atoms with E-state index < -0.39 is 0 Å². The first-order chi connectivity index (χ1) is 10.2. The van der Waals surface area contributed by atoms with Crippen molar-refractivity contribution >= 4 is 11.6 Å². The Balaban J connectivity index is 1.81. The van der Waals surface area contributed by atoms with Crippen LogP contribution in [0.25, 0.3) is 0 Å². The van der Waals surface area contributed by atoms with Gasteiger partial charge in [0.1, 0.15) is 0 Å². The maximum absolute atomic E-state index is 6.19. The van der Waals surface area contributed by atoms with E-state index in [0.29, 0.717) is 12.2 Å². The zero-order valence-corrected chi connectivity index (χ0v) is 13.0. The molecule has 1 fully saturated rings. The second kappa shape index (κ2) is 6.16. The lowest BCUT2D eigenvalue weighted by Gasteiger charge is -2.22. The molecule has 21 heavy (non-hydrogen) atoms. The number of rotatable bonds is 5. The fraction of sp³-hybridized carbons (Fsp3) is 0.500. The summed E-state index contributed by atoms with van der Waals surface area (Å²) in [7, 11) is 0. The van der Waals surface area contributed by atoms with Crippen molar-refractivity contribution in [1.29, 1.82) is 0 Å². The summed E-state index contributed by atoms with van der Waals surface area (Å²) >= 11 is 6.19. The third kappa shape index (κ3) is 2.97. The Kier molecular flexibility index (Phi) is 4.27. The Morgan fingerprint density at radius 1 is 1.38 bits per heavy atom. The summed E-state index contributed by atoms with van der Waals surface area (Å²) in [5.74, 6) is 1.48. The quantitative estimate of drug-likeness (QED) is 0.920. The Bertz CT molecular complexity index is 605. The molecule has 1 unspecified atom stereocenters. The largest absolute Gasteiger partial charge is 0.339 e. The predicted molar refractivity (Wildman–Crippen MR) is 82.6 cm³/mol. The molecule has 4 nitrogen and oxygen atoms in total. The van der Waals surface area contributed by atoms with Crippen LogP contribution in [0, 0.1) is 0 Å². The molecule has 2 heterocycles. The number of benzene rings is 1. The monoisotopic (exact) mass is 305 g/mol. The fourth-order valence-corrected chi connectivity index (χ4v) is 3.28. The van der Waals surface area contributed by atoms with Gasteiger partial charge in [0.25, 0.3) is 0 Å². The van der Waals surface area contributed by atoms with Crippen molar-refractivity contribution in [3.63, 3.8) is 0 Å². The topological polar surface area (TPSA) is 51.0 Å². The third-order valence-electron chi connectivity index (χ3n) is 4.20. The van der Waals surface area contributed by atoms with Crippen molar-refractivity contribution in [1.82, 2.24) is 15.5 Å². The highest BCUT2D eigenvalue weighted by molar-refractivity contribution is 6.31. The van der Waals surface area contributed by atoms with Gasteiger partial charge in [-0.15, -0.1) is 0 Å². The number of aromatic nitrogens is 2. The molecule has 112 valence electrons. The number of hydrogen-bond donors (Lipinski definition) is 1. The second-order valence-corrected chi connectivity index (χ2v) is 6.15. The van der Waals surface area contributed by atoms with E-state index in [2.05, 4.69) is 22.4 Å². The summed E-state index contributed by atoms with van der Waals surface area (Å²) in [6.07, 6.45) is 3.87. The Morgan fingerprint density at radius 2 is 2.24 bits per heavy atom. The zero-order chi connectivity index (χ0) is 14.7. The van der Waals surface area contributed by atoms with Gasteiger partial charge >= 0.3 is 0 Å². The van der Waals surface area contributed by atoms with E-state index in [-0.39, 0.29) is 5.41 Å². The van der Waals surface area contributed by atoms with Crippen molar-refractivity contribution in [2.24, 2.45) is 0 Å². The molecule has 0 radical (unpaired) electrons. The van der Waals surface area contributed by atoms with Crippen LogP contribution in [0.5, 0.6) is 0 Å². The molecule has 0 aliphatic carbocycles. The maximum Gasteiger partial charge on any atom is 0.234 e. The van der Waals surface area contributed by atoms with Gasteiger partial charge < -0.3 is 9.84 Å². The lowest BCUT2D eigenvalue weighted by molar-refractivity contribution is 0.276. The van der Waals surface area contributed by atoms with E-state index in [9.17, 15) is 0 Å². The second-order valence-electron chi connectivity index (χ2n) is 5.74. The van der Waals surface area contributed by atoms with Gasteiger partial charge in [0, 0.05) is 18.0 Å². The van der Waals surface area contributed by atoms with Gasteiger partial charge in [-0.1, -0.05) is 48.3 Å². The molecule has 1 saturated heterocycles. The summed E-state index contributed by atoms with van der Waals surface area (Å²) in [6.45, 7) is 4.14. The fourth-order valence-electron chi connectivity index (χ4n) is 3.08. The molecule has 2 aromatic rings. The average molecular weight is 306 g/mol. The third-order valence-corrected chi connectivity index (χ3v) is 4.57. The highest BCUT2D eigenvalue weighted by atomic mass is 35.5. The van der Waals surface area contributed by atoms with Gasteiger partial charge in [-0.2, -0.15) is 4.98 Å². The first-order valence-electron chi connectivity index (χ1n) is 7.51. The van der Waals surface area contributed by atoms with Crippen LogP contribution in [0.3, 0.4) is 0 Å². The van der Waals surface area contributed by atoms with E-state index >= 15 is 0 Å². The number of hydrogen-bond acceptors (Lipinski definition) is 4. The van der Waals surface area contributed by atoms with E-state index in [1.165, 1.54) is 0 Å². The molecule has 1 aliphatic heterocycles. The SMILES string of the molecule is CCCC1(c2nc(Cc3ccccc3Cl)no2)CCNC1. The van der Waals surface area contributed by atoms with Crippen LogP contribution < -0.4 is 5.32 Å². The minimum absolute atomic E-state index is 0.0144. The molecule has 0 amide bonds. The Morgan fingerprint density at radius 3 is 2.95 bits per heavy atom. The number of nitrogens with zero attached hydrogens (tertiary/aromatic N) is 2. The van der Waals surface area contributed by atoms with Gasteiger partial charge in [-0.05, 0) is 31.0 Å². The molecule has 5 heteroatoms. The van der Waals surface area contributed by atoms with E-state index in [4.69, 9.17) is 16.1 Å². The molecule has 3 rings (SSSR count). The molecular weight excluding hydrogens is 286 g/mol. The van der Waals surface area contributed by atoms with Crippen LogP contribution in [0.1, 0.15) is 43.5 Å². The standard InChI is InChI=1S/C16H20ClN3O/c1-2-7-16(8-9-18-11-16)15-19-14(20-21-15)10-12-5-3-4-6-13(12)17/h3-6,18H,2,7-11H2,1H3. The summed E-state index contributed by atoms with van der Waals surface area (Å²) in [5, 5.41) is 8.31. The Labute approximate surface area is 129 Å². The molecule has 0 saturated carbocycles. The van der Waals surface area contributed by atoms with Crippen molar-refractivity contribution < 1.29 is 4.52 Å². The van der Waals surface area contributed by atoms with Crippen LogP contribution in [0.2, 0.25) is 5.02 Å². The normalized spacial score (nSPS) is 21.8. The molecule has 0 bridgehead atoms. The van der Waals surface area contributed by atoms with E-state index in [1.54, 1.807) is 0 Å². The summed E-state index contributed by atoms with van der Waals surface area (Å²) in [4.78, 5) is 4.64. The summed E-state index contributed by atoms with van der Waals surface area (Å²) in [5.41, 5.74) is 1.04. The first-order valence-corrected chi connectivity index (χ1v) is 7.88. The van der Waals surface area contributed by atoms with Gasteiger partial charge in [0.2, 0.25) is 5.89 Å². The Hall–Kier alpha value is -1.39. The number of nitrogens with one attached hydrogen (secondary N) is 1. The van der Waals surface area contributed by atoms with Gasteiger partial charge in [0.15, 0.2) is 5.82 Å². The zero-order valence-electron chi connectivity index (χ0n) is 12.2. The smallest absolute Gasteiger partial charge is 0.234 e. The summed E-state index contributed by atoms with van der Waals surface area (Å²) in [6, 6.07) is 7.78. The van der Waals surface area contributed by atoms with Crippen LogP contribution in [0.4, 0.5) is 0 Å². The molecule has 1 atom stereocenters. The van der Waals surface area contributed by atoms with Crippen LogP contribution >= 0.6 is 11.6 Å². The van der Waals surface area contributed by atoms with Gasteiger partial charge in [-0.25, -0.2) is 0 Å². The van der Waals surface area contributed by atoms with E-state index in [1.807, 2.05) is 24.3 Å². The highest BCUT2D eigenvalue weighted by Gasteiger charge is 2.40. The van der Waals surface area contributed by atoms with Crippen molar-refractivity contribution in [3.8, 4) is 0 Å². The molecule has 1 aliphatic rings. The summed E-state index contributed by atoms with van der Waals surface area (Å²) < 4.78 is 5.57. The number of halogens is 1. The van der Waals surface area contributed by atoms with Crippen molar-refractivity contribution in [2.75, 3.05) is 13.1 Å².